The molecular formula is C19H25N5O3. The number of ether oxygens (including phenoxy) is 1. The lowest BCUT2D eigenvalue weighted by atomic mass is 10.1. The fourth-order valence-corrected chi connectivity index (χ4v) is 3.54. The van der Waals surface area contributed by atoms with Gasteiger partial charge in [-0.2, -0.15) is 5.10 Å². The van der Waals surface area contributed by atoms with E-state index in [9.17, 15) is 9.59 Å². The van der Waals surface area contributed by atoms with E-state index in [0.29, 0.717) is 31.9 Å². The van der Waals surface area contributed by atoms with Gasteiger partial charge in [-0.05, 0) is 33.3 Å². The van der Waals surface area contributed by atoms with E-state index in [-0.39, 0.29) is 12.0 Å². The van der Waals surface area contributed by atoms with Gasteiger partial charge in [0.1, 0.15) is 11.3 Å². The average Bonchev–Trinajstić information content (AvgIpc) is 3.16. The standard InChI is InChI=1S/C19H25N5O3/c1-19(2,3)27-18(26)23-7-8-24-16(12-23)14(10-21-24)13-9-15-17(25)20-5-4-6-22(15)11-13/h9-11H,4-8,12H2,1-3H3,(H,20,25). The maximum absolute atomic E-state index is 12.5. The molecule has 0 aromatic carbocycles. The van der Waals surface area contributed by atoms with Crippen LogP contribution >= 0.6 is 0 Å². The summed E-state index contributed by atoms with van der Waals surface area (Å²) in [6, 6.07) is 1.91. The molecule has 0 aliphatic carbocycles. The second kappa shape index (κ2) is 6.44. The van der Waals surface area contributed by atoms with E-state index in [1.54, 1.807) is 4.90 Å². The molecule has 144 valence electrons. The number of aryl methyl sites for hydroxylation is 1. The van der Waals surface area contributed by atoms with Gasteiger partial charge < -0.3 is 19.5 Å². The predicted octanol–water partition coefficient (Wildman–Crippen LogP) is 2.24. The van der Waals surface area contributed by atoms with E-state index in [1.165, 1.54) is 0 Å². The molecule has 2 aliphatic heterocycles. The minimum atomic E-state index is -0.523. The molecule has 4 rings (SSSR count). The molecule has 0 bridgehead atoms. The summed E-state index contributed by atoms with van der Waals surface area (Å²) in [6.07, 6.45) is 4.42. The van der Waals surface area contributed by atoms with Gasteiger partial charge in [0.25, 0.3) is 5.91 Å². The Labute approximate surface area is 158 Å². The summed E-state index contributed by atoms with van der Waals surface area (Å²) in [7, 11) is 0. The zero-order chi connectivity index (χ0) is 19.2. The van der Waals surface area contributed by atoms with Crippen molar-refractivity contribution in [3.8, 4) is 11.1 Å². The van der Waals surface area contributed by atoms with E-state index in [1.807, 2.05) is 48.5 Å². The third kappa shape index (κ3) is 3.43. The molecule has 27 heavy (non-hydrogen) atoms. The van der Waals surface area contributed by atoms with Crippen molar-refractivity contribution in [1.82, 2.24) is 24.6 Å². The molecule has 0 radical (unpaired) electrons. The first kappa shape index (κ1) is 17.6. The number of amides is 2. The number of fused-ring (bicyclic) bond motifs is 2. The average molecular weight is 371 g/mol. The second-order valence-corrected chi connectivity index (χ2v) is 8.05. The highest BCUT2D eigenvalue weighted by Crippen LogP contribution is 2.29. The monoisotopic (exact) mass is 371 g/mol. The Kier molecular flexibility index (Phi) is 4.20. The predicted molar refractivity (Wildman–Crippen MR) is 99.2 cm³/mol. The maximum Gasteiger partial charge on any atom is 0.410 e. The second-order valence-electron chi connectivity index (χ2n) is 8.05. The lowest BCUT2D eigenvalue weighted by Crippen LogP contribution is -2.41. The van der Waals surface area contributed by atoms with Crippen LogP contribution in [0.15, 0.2) is 18.5 Å². The smallest absolute Gasteiger partial charge is 0.410 e. The Balaban J connectivity index is 1.61. The van der Waals surface area contributed by atoms with Crippen molar-refractivity contribution >= 4 is 12.0 Å². The molecule has 0 spiro atoms. The van der Waals surface area contributed by atoms with Crippen LogP contribution in [0.1, 0.15) is 43.4 Å². The van der Waals surface area contributed by atoms with Crippen molar-refractivity contribution in [2.24, 2.45) is 0 Å². The Morgan fingerprint density at radius 2 is 2.07 bits per heavy atom. The molecule has 0 atom stereocenters. The number of hydrogen-bond acceptors (Lipinski definition) is 4. The van der Waals surface area contributed by atoms with Crippen LogP contribution in [0.2, 0.25) is 0 Å². The summed E-state index contributed by atoms with van der Waals surface area (Å²) in [5.74, 6) is -0.0461. The van der Waals surface area contributed by atoms with Crippen molar-refractivity contribution in [1.29, 1.82) is 0 Å². The van der Waals surface area contributed by atoms with E-state index in [2.05, 4.69) is 10.4 Å². The highest BCUT2D eigenvalue weighted by atomic mass is 16.6. The molecule has 0 saturated carbocycles. The largest absolute Gasteiger partial charge is 0.444 e. The minimum absolute atomic E-state index is 0.0461. The van der Waals surface area contributed by atoms with Crippen molar-refractivity contribution in [2.45, 2.75) is 52.4 Å². The molecule has 8 nitrogen and oxygen atoms in total. The summed E-state index contributed by atoms with van der Waals surface area (Å²) in [6.45, 7) is 8.74. The van der Waals surface area contributed by atoms with Crippen LogP contribution in [0.5, 0.6) is 0 Å². The molecule has 8 heteroatoms. The topological polar surface area (TPSA) is 81.4 Å². The van der Waals surface area contributed by atoms with Crippen LogP contribution in [-0.2, 0) is 24.4 Å². The number of aromatic nitrogens is 3. The Morgan fingerprint density at radius 1 is 1.26 bits per heavy atom. The van der Waals surface area contributed by atoms with E-state index >= 15 is 0 Å². The Hall–Kier alpha value is -2.77. The maximum atomic E-state index is 12.5. The molecule has 4 heterocycles. The molecule has 1 N–H and O–H groups in total. The van der Waals surface area contributed by atoms with Crippen molar-refractivity contribution < 1.29 is 14.3 Å². The normalized spacial score (nSPS) is 17.0. The lowest BCUT2D eigenvalue weighted by Gasteiger charge is -2.30. The zero-order valence-electron chi connectivity index (χ0n) is 16.0. The molecule has 0 fully saturated rings. The number of carbonyl (C=O) groups excluding carboxylic acids is 2. The van der Waals surface area contributed by atoms with Crippen molar-refractivity contribution in [3.05, 3.63) is 29.8 Å². The van der Waals surface area contributed by atoms with Gasteiger partial charge in [0.2, 0.25) is 0 Å². The number of nitrogens with zero attached hydrogens (tertiary/aromatic N) is 4. The Bertz CT molecular complexity index is 890. The van der Waals surface area contributed by atoms with Gasteiger partial charge in [-0.25, -0.2) is 4.79 Å². The fraction of sp³-hybridized carbons (Fsp3) is 0.526. The third-order valence-electron chi connectivity index (χ3n) is 4.82. The van der Waals surface area contributed by atoms with Gasteiger partial charge >= 0.3 is 6.09 Å². The van der Waals surface area contributed by atoms with Gasteiger partial charge in [0, 0.05) is 37.0 Å². The highest BCUT2D eigenvalue weighted by Gasteiger charge is 2.29. The van der Waals surface area contributed by atoms with Crippen LogP contribution < -0.4 is 5.32 Å². The highest BCUT2D eigenvalue weighted by molar-refractivity contribution is 5.94. The van der Waals surface area contributed by atoms with Gasteiger partial charge in [-0.1, -0.05) is 0 Å². The molecule has 2 amide bonds. The van der Waals surface area contributed by atoms with Crippen LogP contribution in [0.25, 0.3) is 11.1 Å². The first-order chi connectivity index (χ1) is 12.8. The van der Waals surface area contributed by atoms with Crippen molar-refractivity contribution in [3.63, 3.8) is 0 Å². The van der Waals surface area contributed by atoms with Crippen LogP contribution in [0.4, 0.5) is 4.79 Å². The number of rotatable bonds is 1. The summed E-state index contributed by atoms with van der Waals surface area (Å²) < 4.78 is 9.43. The molecule has 0 saturated heterocycles. The molecule has 0 unspecified atom stereocenters. The zero-order valence-corrected chi connectivity index (χ0v) is 16.0. The SMILES string of the molecule is CC(C)(C)OC(=O)N1CCn2ncc(-c3cc4n(c3)CCCNC4=O)c2C1. The first-order valence-corrected chi connectivity index (χ1v) is 9.33. The van der Waals surface area contributed by atoms with Crippen LogP contribution in [0.3, 0.4) is 0 Å². The van der Waals surface area contributed by atoms with E-state index in [0.717, 1.165) is 29.8 Å². The summed E-state index contributed by atoms with van der Waals surface area (Å²) in [4.78, 5) is 26.4. The van der Waals surface area contributed by atoms with Gasteiger partial charge in [-0.15, -0.1) is 0 Å². The quantitative estimate of drug-likeness (QED) is 0.834. The van der Waals surface area contributed by atoms with Crippen LogP contribution in [-0.4, -0.2) is 49.9 Å². The molecular weight excluding hydrogens is 346 g/mol. The number of carbonyl (C=O) groups is 2. The van der Waals surface area contributed by atoms with Gasteiger partial charge in [0.15, 0.2) is 0 Å². The first-order valence-electron chi connectivity index (χ1n) is 9.33. The summed E-state index contributed by atoms with van der Waals surface area (Å²) in [5, 5.41) is 7.39. The van der Waals surface area contributed by atoms with Gasteiger partial charge in [-0.3, -0.25) is 9.48 Å². The minimum Gasteiger partial charge on any atom is -0.444 e. The number of hydrogen-bond donors (Lipinski definition) is 1. The van der Waals surface area contributed by atoms with Crippen molar-refractivity contribution in [2.75, 3.05) is 13.1 Å². The van der Waals surface area contributed by atoms with E-state index < -0.39 is 5.60 Å². The Morgan fingerprint density at radius 3 is 2.85 bits per heavy atom. The van der Waals surface area contributed by atoms with E-state index in [4.69, 9.17) is 4.74 Å². The molecule has 2 aromatic heterocycles. The third-order valence-corrected chi connectivity index (χ3v) is 4.82. The van der Waals surface area contributed by atoms with Crippen LogP contribution in [0, 0.1) is 0 Å². The lowest BCUT2D eigenvalue weighted by molar-refractivity contribution is 0.0195. The van der Waals surface area contributed by atoms with Gasteiger partial charge in [0.05, 0.1) is 25.0 Å². The fourth-order valence-electron chi connectivity index (χ4n) is 3.54. The summed E-state index contributed by atoms with van der Waals surface area (Å²) >= 11 is 0. The molecule has 2 aliphatic rings. The molecule has 2 aromatic rings. The summed E-state index contributed by atoms with van der Waals surface area (Å²) in [5.41, 5.74) is 3.02. The number of nitrogens with one attached hydrogen (secondary N) is 1.